The Kier molecular flexibility index (Phi) is 8.74. The first-order valence-corrected chi connectivity index (χ1v) is 8.61. The van der Waals surface area contributed by atoms with Crippen molar-refractivity contribution in [3.05, 3.63) is 0 Å². The number of nitrogens with zero attached hydrogens (tertiary/aromatic N) is 2. The van der Waals surface area contributed by atoms with E-state index in [9.17, 15) is 5.11 Å². The Morgan fingerprint density at radius 1 is 1.10 bits per heavy atom. The number of rotatable bonds is 9. The molecule has 0 spiro atoms. The molecule has 1 rings (SSSR count). The van der Waals surface area contributed by atoms with Crippen LogP contribution in [-0.2, 0) is 0 Å². The van der Waals surface area contributed by atoms with Crippen LogP contribution in [0.2, 0.25) is 0 Å². The van der Waals surface area contributed by atoms with Crippen molar-refractivity contribution in [3.8, 4) is 0 Å². The normalized spacial score (nSPS) is 27.4. The van der Waals surface area contributed by atoms with Crippen molar-refractivity contribution < 1.29 is 5.11 Å². The number of hydrogen-bond acceptors (Lipinski definition) is 3. The first-order valence-electron chi connectivity index (χ1n) is 8.61. The van der Waals surface area contributed by atoms with Gasteiger partial charge in [0, 0.05) is 6.54 Å². The van der Waals surface area contributed by atoms with E-state index < -0.39 is 0 Å². The molecule has 0 heterocycles. The van der Waals surface area contributed by atoms with Crippen molar-refractivity contribution in [2.24, 2.45) is 11.8 Å². The summed E-state index contributed by atoms with van der Waals surface area (Å²) in [5.41, 5.74) is 0. The van der Waals surface area contributed by atoms with Gasteiger partial charge in [-0.3, -0.25) is 0 Å². The van der Waals surface area contributed by atoms with Gasteiger partial charge < -0.3 is 14.9 Å². The van der Waals surface area contributed by atoms with E-state index in [4.69, 9.17) is 0 Å². The summed E-state index contributed by atoms with van der Waals surface area (Å²) in [4.78, 5) is 4.78. The Bertz CT molecular complexity index is 245. The Morgan fingerprint density at radius 2 is 1.85 bits per heavy atom. The van der Waals surface area contributed by atoms with Crippen LogP contribution in [0.4, 0.5) is 0 Å². The van der Waals surface area contributed by atoms with Gasteiger partial charge in [-0.1, -0.05) is 26.7 Å². The van der Waals surface area contributed by atoms with Gasteiger partial charge in [0.15, 0.2) is 0 Å². The lowest BCUT2D eigenvalue weighted by Crippen LogP contribution is -2.39. The van der Waals surface area contributed by atoms with Gasteiger partial charge in [0.2, 0.25) is 0 Å². The zero-order chi connectivity index (χ0) is 15.0. The van der Waals surface area contributed by atoms with Crippen LogP contribution in [0.1, 0.15) is 52.4 Å². The predicted octanol–water partition coefficient (Wildman–Crippen LogP) is 2.84. The van der Waals surface area contributed by atoms with Gasteiger partial charge in [-0.15, -0.1) is 0 Å². The Balaban J connectivity index is 2.37. The van der Waals surface area contributed by atoms with Crippen molar-refractivity contribution in [1.82, 2.24) is 9.80 Å². The lowest BCUT2D eigenvalue weighted by molar-refractivity contribution is 0.0261. The van der Waals surface area contributed by atoms with Crippen molar-refractivity contribution >= 4 is 0 Å². The van der Waals surface area contributed by atoms with Crippen LogP contribution >= 0.6 is 0 Å². The zero-order valence-corrected chi connectivity index (χ0v) is 14.1. The summed E-state index contributed by atoms with van der Waals surface area (Å²) in [5, 5.41) is 10.3. The smallest absolute Gasteiger partial charge is 0.0580 e. The second-order valence-electron chi connectivity index (χ2n) is 6.85. The molecule has 3 unspecified atom stereocenters. The molecular weight excluding hydrogens is 248 g/mol. The van der Waals surface area contributed by atoms with Crippen LogP contribution < -0.4 is 0 Å². The minimum absolute atomic E-state index is 0.0639. The predicted molar refractivity (Wildman–Crippen MR) is 87.0 cm³/mol. The maximum absolute atomic E-state index is 10.3. The monoisotopic (exact) mass is 284 g/mol. The molecule has 1 N–H and O–H groups in total. The fraction of sp³-hybridized carbons (Fsp3) is 1.00. The molecule has 0 aromatic carbocycles. The maximum Gasteiger partial charge on any atom is 0.0580 e. The van der Waals surface area contributed by atoms with Crippen LogP contribution in [0.25, 0.3) is 0 Å². The Labute approximate surface area is 126 Å². The zero-order valence-electron chi connectivity index (χ0n) is 14.1. The molecule has 0 radical (unpaired) electrons. The molecule has 0 aromatic heterocycles. The van der Waals surface area contributed by atoms with Crippen molar-refractivity contribution in [1.29, 1.82) is 0 Å². The second kappa shape index (κ2) is 9.75. The third-order valence-electron chi connectivity index (χ3n) is 4.77. The van der Waals surface area contributed by atoms with Gasteiger partial charge in [0.25, 0.3) is 0 Å². The van der Waals surface area contributed by atoms with E-state index in [1.807, 2.05) is 0 Å². The van der Waals surface area contributed by atoms with Crippen molar-refractivity contribution in [3.63, 3.8) is 0 Å². The summed E-state index contributed by atoms with van der Waals surface area (Å²) in [5.74, 6) is 1.36. The fourth-order valence-corrected chi connectivity index (χ4v) is 3.53. The van der Waals surface area contributed by atoms with Gasteiger partial charge in [0.1, 0.15) is 0 Å². The summed E-state index contributed by atoms with van der Waals surface area (Å²) in [6.45, 7) is 9.03. The third-order valence-corrected chi connectivity index (χ3v) is 4.77. The van der Waals surface area contributed by atoms with E-state index in [-0.39, 0.29) is 6.10 Å². The highest BCUT2D eigenvalue weighted by molar-refractivity contribution is 4.82. The molecule has 1 aliphatic rings. The molecule has 120 valence electrons. The summed E-state index contributed by atoms with van der Waals surface area (Å²) in [6, 6.07) is 0. The summed E-state index contributed by atoms with van der Waals surface area (Å²) in [6.07, 6.45) is 7.28. The van der Waals surface area contributed by atoms with Gasteiger partial charge in [-0.05, 0) is 71.2 Å². The van der Waals surface area contributed by atoms with E-state index in [1.54, 1.807) is 0 Å². The van der Waals surface area contributed by atoms with E-state index in [1.165, 1.54) is 32.1 Å². The molecule has 1 aliphatic carbocycles. The summed E-state index contributed by atoms with van der Waals surface area (Å²) >= 11 is 0. The fourth-order valence-electron chi connectivity index (χ4n) is 3.53. The molecule has 0 saturated heterocycles. The Hall–Kier alpha value is -0.120. The first kappa shape index (κ1) is 17.9. The molecule has 3 heteroatoms. The molecule has 1 saturated carbocycles. The standard InChI is InChI=1S/C17H36N2O/c1-5-8-15-9-10-17(20)16(13-15)14-19(6-2)12-7-11-18(3)4/h15-17,20H,5-14H2,1-4H3. The SMILES string of the molecule is CCCC1CCC(O)C(CN(CC)CCCN(C)C)C1. The van der Waals surface area contributed by atoms with Gasteiger partial charge in [-0.25, -0.2) is 0 Å². The third kappa shape index (κ3) is 6.55. The van der Waals surface area contributed by atoms with Gasteiger partial charge in [-0.2, -0.15) is 0 Å². The lowest BCUT2D eigenvalue weighted by Gasteiger charge is -2.36. The lowest BCUT2D eigenvalue weighted by atomic mass is 9.77. The Morgan fingerprint density at radius 3 is 2.45 bits per heavy atom. The van der Waals surface area contributed by atoms with E-state index in [2.05, 4.69) is 37.7 Å². The molecule has 1 fully saturated rings. The molecule has 0 aromatic rings. The highest BCUT2D eigenvalue weighted by Gasteiger charge is 2.29. The molecule has 0 aliphatic heterocycles. The van der Waals surface area contributed by atoms with Crippen LogP contribution in [-0.4, -0.2) is 61.3 Å². The van der Waals surface area contributed by atoms with Crippen LogP contribution in [0.3, 0.4) is 0 Å². The van der Waals surface area contributed by atoms with Crippen molar-refractivity contribution in [2.45, 2.75) is 58.5 Å². The van der Waals surface area contributed by atoms with E-state index in [0.29, 0.717) is 5.92 Å². The highest BCUT2D eigenvalue weighted by Crippen LogP contribution is 2.32. The van der Waals surface area contributed by atoms with Crippen LogP contribution in [0.5, 0.6) is 0 Å². The minimum atomic E-state index is -0.0639. The average molecular weight is 284 g/mol. The maximum atomic E-state index is 10.3. The number of aliphatic hydroxyl groups is 1. The number of aliphatic hydroxyl groups excluding tert-OH is 1. The topological polar surface area (TPSA) is 26.7 Å². The van der Waals surface area contributed by atoms with E-state index >= 15 is 0 Å². The largest absolute Gasteiger partial charge is 0.393 e. The quantitative estimate of drug-likeness (QED) is 0.705. The molecule has 0 amide bonds. The summed E-state index contributed by atoms with van der Waals surface area (Å²) < 4.78 is 0. The van der Waals surface area contributed by atoms with Gasteiger partial charge >= 0.3 is 0 Å². The highest BCUT2D eigenvalue weighted by atomic mass is 16.3. The van der Waals surface area contributed by atoms with Crippen molar-refractivity contribution in [2.75, 3.05) is 40.3 Å². The second-order valence-corrected chi connectivity index (χ2v) is 6.85. The van der Waals surface area contributed by atoms with E-state index in [0.717, 1.165) is 38.5 Å². The van der Waals surface area contributed by atoms with Gasteiger partial charge in [0.05, 0.1) is 6.10 Å². The summed E-state index contributed by atoms with van der Waals surface area (Å²) in [7, 11) is 4.27. The first-order chi connectivity index (χ1) is 9.56. The number of hydrogen-bond donors (Lipinski definition) is 1. The molecular formula is C17H36N2O. The average Bonchev–Trinajstić information content (AvgIpc) is 2.41. The minimum Gasteiger partial charge on any atom is -0.393 e. The van der Waals surface area contributed by atoms with Crippen LogP contribution in [0, 0.1) is 11.8 Å². The molecule has 0 bridgehead atoms. The molecule has 3 nitrogen and oxygen atoms in total. The van der Waals surface area contributed by atoms with Crippen LogP contribution in [0.15, 0.2) is 0 Å². The molecule has 3 atom stereocenters. The molecule has 20 heavy (non-hydrogen) atoms.